The largest absolute Gasteiger partial charge is 0.322 e. The highest BCUT2D eigenvalue weighted by atomic mass is 32.1. The van der Waals surface area contributed by atoms with E-state index in [1.165, 1.54) is 4.88 Å². The Labute approximate surface area is 185 Å². The van der Waals surface area contributed by atoms with E-state index in [0.29, 0.717) is 0 Å². The van der Waals surface area contributed by atoms with Gasteiger partial charge in [0, 0.05) is 22.0 Å². The van der Waals surface area contributed by atoms with Gasteiger partial charge in [0.2, 0.25) is 0 Å². The summed E-state index contributed by atoms with van der Waals surface area (Å²) in [4.78, 5) is 14.7. The SMILES string of the molecule is Cc1cc(C=C(C#N)C#N)c(C)n1-c1sc2c(c1C(=O)Nc1ccccc1)CCCC2. The first-order chi connectivity index (χ1) is 15.0. The molecule has 1 aliphatic carbocycles. The van der Waals surface area contributed by atoms with Gasteiger partial charge in [-0.1, -0.05) is 18.2 Å². The van der Waals surface area contributed by atoms with E-state index in [1.807, 2.05) is 62.4 Å². The molecule has 0 atom stereocenters. The van der Waals surface area contributed by atoms with Gasteiger partial charge < -0.3 is 9.88 Å². The van der Waals surface area contributed by atoms with Gasteiger partial charge in [0.25, 0.3) is 5.91 Å². The zero-order valence-electron chi connectivity index (χ0n) is 17.5. The van der Waals surface area contributed by atoms with E-state index in [1.54, 1.807) is 17.4 Å². The first-order valence-electron chi connectivity index (χ1n) is 10.3. The van der Waals surface area contributed by atoms with Crippen molar-refractivity contribution < 1.29 is 4.79 Å². The van der Waals surface area contributed by atoms with Crippen molar-refractivity contribution in [3.63, 3.8) is 0 Å². The van der Waals surface area contributed by atoms with Crippen LogP contribution >= 0.6 is 11.3 Å². The average molecular weight is 427 g/mol. The number of para-hydroxylation sites is 1. The number of nitriles is 2. The minimum atomic E-state index is -0.0973. The zero-order valence-corrected chi connectivity index (χ0v) is 18.3. The number of hydrogen-bond donors (Lipinski definition) is 1. The maximum atomic E-state index is 13.4. The van der Waals surface area contributed by atoms with Crippen LogP contribution in [0.2, 0.25) is 0 Å². The molecule has 0 bridgehead atoms. The maximum absolute atomic E-state index is 13.4. The number of aromatic nitrogens is 1. The average Bonchev–Trinajstić information content (AvgIpc) is 3.28. The van der Waals surface area contributed by atoms with Crippen LogP contribution in [0.3, 0.4) is 0 Å². The monoisotopic (exact) mass is 426 g/mol. The molecule has 1 aliphatic rings. The fourth-order valence-electron chi connectivity index (χ4n) is 4.15. The second-order valence-corrected chi connectivity index (χ2v) is 8.74. The molecule has 0 spiro atoms. The predicted octanol–water partition coefficient (Wildman–Crippen LogP) is 5.72. The fourth-order valence-corrected chi connectivity index (χ4v) is 5.65. The standard InChI is InChI=1S/C25H22N4OS/c1-16-12-19(13-18(14-26)15-27)17(2)29(16)25-23(21-10-6-7-11-22(21)31-25)24(30)28-20-8-4-3-5-9-20/h3-5,8-9,12-13H,6-7,10-11H2,1-2H3,(H,28,30). The van der Waals surface area contributed by atoms with Crippen LogP contribution in [-0.2, 0) is 12.8 Å². The smallest absolute Gasteiger partial charge is 0.258 e. The van der Waals surface area contributed by atoms with Gasteiger partial charge in [0.05, 0.1) is 5.56 Å². The van der Waals surface area contributed by atoms with Gasteiger partial charge in [-0.2, -0.15) is 10.5 Å². The summed E-state index contributed by atoms with van der Waals surface area (Å²) in [5, 5.41) is 22.2. The minimum Gasteiger partial charge on any atom is -0.322 e. The van der Waals surface area contributed by atoms with Crippen LogP contribution in [0, 0.1) is 36.5 Å². The van der Waals surface area contributed by atoms with Crippen LogP contribution in [-0.4, -0.2) is 10.5 Å². The Balaban J connectivity index is 1.85. The summed E-state index contributed by atoms with van der Waals surface area (Å²) >= 11 is 1.68. The van der Waals surface area contributed by atoms with E-state index in [-0.39, 0.29) is 11.5 Å². The number of benzene rings is 1. The summed E-state index contributed by atoms with van der Waals surface area (Å²) in [5.74, 6) is -0.0973. The molecular weight excluding hydrogens is 404 g/mol. The van der Waals surface area contributed by atoms with Crippen molar-refractivity contribution >= 4 is 29.0 Å². The molecule has 2 aromatic heterocycles. The Morgan fingerprint density at radius 2 is 1.84 bits per heavy atom. The molecule has 154 valence electrons. The Kier molecular flexibility index (Phi) is 5.75. The fraction of sp³-hybridized carbons (Fsp3) is 0.240. The summed E-state index contributed by atoms with van der Waals surface area (Å²) < 4.78 is 2.08. The number of hydrogen-bond acceptors (Lipinski definition) is 4. The molecule has 1 amide bonds. The quantitative estimate of drug-likeness (QED) is 0.542. The zero-order chi connectivity index (χ0) is 22.0. The summed E-state index contributed by atoms with van der Waals surface area (Å²) in [6.45, 7) is 3.95. The topological polar surface area (TPSA) is 81.6 Å². The van der Waals surface area contributed by atoms with E-state index in [2.05, 4.69) is 9.88 Å². The molecule has 31 heavy (non-hydrogen) atoms. The van der Waals surface area contributed by atoms with Gasteiger partial charge in [-0.15, -0.1) is 11.3 Å². The van der Waals surface area contributed by atoms with E-state index < -0.39 is 0 Å². The van der Waals surface area contributed by atoms with Crippen LogP contribution in [0.25, 0.3) is 11.1 Å². The third-order valence-corrected chi connectivity index (χ3v) is 6.90. The van der Waals surface area contributed by atoms with Crippen LogP contribution in [0.5, 0.6) is 0 Å². The minimum absolute atomic E-state index is 0.0627. The van der Waals surface area contributed by atoms with Crippen LogP contribution in [0.15, 0.2) is 42.0 Å². The summed E-state index contributed by atoms with van der Waals surface area (Å²) in [6, 6.07) is 15.3. The molecule has 0 saturated heterocycles. The number of carbonyl (C=O) groups is 1. The lowest BCUT2D eigenvalue weighted by atomic mass is 9.95. The normalized spacial score (nSPS) is 12.4. The number of aryl methyl sites for hydroxylation is 2. The third kappa shape index (κ3) is 3.91. The molecule has 3 aromatic rings. The molecule has 1 aromatic carbocycles. The number of nitrogens with zero attached hydrogens (tertiary/aromatic N) is 3. The van der Waals surface area contributed by atoms with Gasteiger partial charge in [-0.05, 0) is 74.9 Å². The molecule has 0 radical (unpaired) electrons. The van der Waals surface area contributed by atoms with Gasteiger partial charge in [0.1, 0.15) is 22.7 Å². The summed E-state index contributed by atoms with van der Waals surface area (Å²) in [5.41, 5.74) is 5.41. The number of anilines is 1. The van der Waals surface area contributed by atoms with Crippen LogP contribution in [0.1, 0.15) is 50.6 Å². The second-order valence-electron chi connectivity index (χ2n) is 7.65. The molecule has 2 heterocycles. The van der Waals surface area contributed by atoms with Crippen molar-refractivity contribution in [2.45, 2.75) is 39.5 Å². The van der Waals surface area contributed by atoms with E-state index in [0.717, 1.165) is 64.4 Å². The molecule has 5 nitrogen and oxygen atoms in total. The molecule has 0 unspecified atom stereocenters. The second kappa shape index (κ2) is 8.63. The van der Waals surface area contributed by atoms with Crippen molar-refractivity contribution in [3.8, 4) is 17.1 Å². The first kappa shape index (κ1) is 20.7. The van der Waals surface area contributed by atoms with Gasteiger partial charge in [-0.25, -0.2) is 0 Å². The Morgan fingerprint density at radius 3 is 2.55 bits per heavy atom. The number of thiophene rings is 1. The lowest BCUT2D eigenvalue weighted by molar-refractivity contribution is 0.102. The van der Waals surface area contributed by atoms with Crippen molar-refractivity contribution in [1.82, 2.24) is 4.57 Å². The number of carbonyl (C=O) groups excluding carboxylic acids is 1. The molecule has 0 fully saturated rings. The highest BCUT2D eigenvalue weighted by Gasteiger charge is 2.28. The summed E-state index contributed by atoms with van der Waals surface area (Å²) in [7, 11) is 0. The first-order valence-corrected chi connectivity index (χ1v) is 11.1. The van der Waals surface area contributed by atoms with Crippen molar-refractivity contribution in [1.29, 1.82) is 10.5 Å². The number of amides is 1. The molecule has 6 heteroatoms. The molecule has 0 aliphatic heterocycles. The Bertz CT molecular complexity index is 1250. The molecular formula is C25H22N4OS. The maximum Gasteiger partial charge on any atom is 0.258 e. The van der Waals surface area contributed by atoms with Gasteiger partial charge in [-0.3, -0.25) is 4.79 Å². The van der Waals surface area contributed by atoms with E-state index >= 15 is 0 Å². The lowest BCUT2D eigenvalue weighted by Crippen LogP contribution is -2.17. The highest BCUT2D eigenvalue weighted by Crippen LogP contribution is 2.39. The number of nitrogens with one attached hydrogen (secondary N) is 1. The number of allylic oxidation sites excluding steroid dienone is 1. The number of rotatable bonds is 4. The van der Waals surface area contributed by atoms with Gasteiger partial charge in [0.15, 0.2) is 0 Å². The van der Waals surface area contributed by atoms with E-state index in [9.17, 15) is 4.79 Å². The summed E-state index contributed by atoms with van der Waals surface area (Å²) in [6.07, 6.45) is 5.72. The Morgan fingerprint density at radius 1 is 1.13 bits per heavy atom. The van der Waals surface area contributed by atoms with Crippen molar-refractivity contribution in [2.75, 3.05) is 5.32 Å². The van der Waals surface area contributed by atoms with Crippen molar-refractivity contribution in [3.05, 3.63) is 74.9 Å². The molecule has 0 saturated carbocycles. The van der Waals surface area contributed by atoms with Crippen LogP contribution in [0.4, 0.5) is 5.69 Å². The molecule has 4 rings (SSSR count). The van der Waals surface area contributed by atoms with E-state index in [4.69, 9.17) is 10.5 Å². The predicted molar refractivity (Wildman–Crippen MR) is 123 cm³/mol. The van der Waals surface area contributed by atoms with Gasteiger partial charge >= 0.3 is 0 Å². The number of fused-ring (bicyclic) bond motifs is 1. The Hall–Kier alpha value is -3.61. The lowest BCUT2D eigenvalue weighted by Gasteiger charge is -2.14. The highest BCUT2D eigenvalue weighted by molar-refractivity contribution is 7.15. The van der Waals surface area contributed by atoms with Crippen molar-refractivity contribution in [2.24, 2.45) is 0 Å². The van der Waals surface area contributed by atoms with Crippen LogP contribution < -0.4 is 5.32 Å². The third-order valence-electron chi connectivity index (χ3n) is 5.63. The molecule has 1 N–H and O–H groups in total.